The maximum absolute atomic E-state index is 14.5. The Hall–Kier alpha value is -6.80. The van der Waals surface area contributed by atoms with E-state index in [0.717, 1.165) is 66.8 Å². The van der Waals surface area contributed by atoms with Gasteiger partial charge in [0.05, 0.1) is 21.7 Å². The van der Waals surface area contributed by atoms with Gasteiger partial charge in [0.25, 0.3) is 37.6 Å². The molecule has 3 saturated heterocycles. The van der Waals surface area contributed by atoms with Gasteiger partial charge in [-0.05, 0) is 147 Å². The van der Waals surface area contributed by atoms with Gasteiger partial charge < -0.3 is 20.4 Å². The van der Waals surface area contributed by atoms with Crippen molar-refractivity contribution in [1.29, 1.82) is 0 Å². The van der Waals surface area contributed by atoms with Gasteiger partial charge in [0, 0.05) is 118 Å². The minimum Gasteiger partial charge on any atom is -0.384 e. The lowest BCUT2D eigenvalue weighted by atomic mass is 9.31. The normalized spacial score (nSPS) is 23.3. The number of allylic oxidation sites excluding steroid dienone is 1. The van der Waals surface area contributed by atoms with Crippen LogP contribution in [0.15, 0.2) is 117 Å². The van der Waals surface area contributed by atoms with Gasteiger partial charge in [-0.3, -0.25) is 48.8 Å². The number of nitrogens with one attached hydrogen (secondary N) is 4. The molecule has 6 fully saturated rings. The van der Waals surface area contributed by atoms with E-state index in [1.54, 1.807) is 40.3 Å². The predicted octanol–water partition coefficient (Wildman–Crippen LogP) is 9.10. The number of carbonyl (C=O) groups is 6. The SMILES string of the molecule is CCC12CC(C3=C(CN4CCN(c5ccc(C(=O)NS(=O)(=O)c6ccc(N[C@H](CCN7CCN(C(=O)CCCCNc8cccc9c8C(=O)N(C8CCC(=O)NC8=O)C9=O)CC7)CSc7ccccc7)c(S(=O)(=O)C(F)(F)F)c6)cc5)CC4)CCC(C)(C)C3)(C1)C2. The molecular weight excluding hydrogens is 1230 g/mol. The molecule has 25 heteroatoms. The van der Waals surface area contributed by atoms with Crippen LogP contribution in [0, 0.1) is 16.2 Å². The molecule has 1 unspecified atom stereocenters. The van der Waals surface area contributed by atoms with E-state index in [2.05, 4.69) is 51.4 Å². The summed E-state index contributed by atoms with van der Waals surface area (Å²) in [6, 6.07) is 21.1. The van der Waals surface area contributed by atoms with Crippen molar-refractivity contribution in [3.63, 3.8) is 0 Å². The number of fused-ring (bicyclic) bond motifs is 1. The van der Waals surface area contributed by atoms with Crippen LogP contribution in [-0.2, 0) is 34.2 Å². The molecule has 4 aliphatic carbocycles. The lowest BCUT2D eigenvalue weighted by molar-refractivity contribution is -0.182. The Bertz CT molecular complexity index is 3720. The van der Waals surface area contributed by atoms with E-state index in [-0.39, 0.29) is 47.6 Å². The second-order valence-electron chi connectivity index (χ2n) is 26.5. The Balaban J connectivity index is 0.674. The third kappa shape index (κ3) is 14.1. The van der Waals surface area contributed by atoms with Gasteiger partial charge in [-0.15, -0.1) is 11.8 Å². The number of alkyl halides is 3. The largest absolute Gasteiger partial charge is 0.501 e. The zero-order chi connectivity index (χ0) is 64.7. The third-order valence-corrected chi connectivity index (χ3v) is 23.8. The number of rotatable bonds is 24. The number of unbranched alkanes of at least 4 members (excludes halogenated alkanes) is 1. The fourth-order valence-electron chi connectivity index (χ4n) is 14.5. The van der Waals surface area contributed by atoms with Gasteiger partial charge >= 0.3 is 5.51 Å². The van der Waals surface area contributed by atoms with Crippen LogP contribution in [0.3, 0.4) is 0 Å². The van der Waals surface area contributed by atoms with E-state index < -0.39 is 82.5 Å². The van der Waals surface area contributed by atoms with Gasteiger partial charge in [0.15, 0.2) is 0 Å². The zero-order valence-corrected chi connectivity index (χ0v) is 54.1. The molecule has 2 atom stereocenters. The van der Waals surface area contributed by atoms with Crippen LogP contribution >= 0.6 is 11.8 Å². The fourth-order valence-corrected chi connectivity index (χ4v) is 17.5. The first-order valence-electron chi connectivity index (χ1n) is 31.6. The number of imide groups is 2. The number of thioether (sulfide) groups is 1. The van der Waals surface area contributed by atoms with Crippen LogP contribution in [0.5, 0.6) is 0 Å². The Morgan fingerprint density at radius 2 is 1.49 bits per heavy atom. The summed E-state index contributed by atoms with van der Waals surface area (Å²) >= 11 is 1.40. The van der Waals surface area contributed by atoms with E-state index in [0.29, 0.717) is 86.5 Å². The molecule has 4 aromatic rings. The highest BCUT2D eigenvalue weighted by Crippen LogP contribution is 2.79. The number of halogens is 3. The Labute approximate surface area is 534 Å². The molecular formula is C66H80F3N9O10S3. The van der Waals surface area contributed by atoms with Crippen LogP contribution in [-0.4, -0.2) is 167 Å². The summed E-state index contributed by atoms with van der Waals surface area (Å²) in [6.45, 7) is 14.0. The monoisotopic (exact) mass is 1310 g/mol. The predicted molar refractivity (Wildman–Crippen MR) is 341 cm³/mol. The number of nitrogens with zero attached hydrogens (tertiary/aromatic N) is 5. The molecule has 91 heavy (non-hydrogen) atoms. The van der Waals surface area contributed by atoms with Gasteiger partial charge in [-0.2, -0.15) is 13.2 Å². The van der Waals surface area contributed by atoms with Gasteiger partial charge in [0.1, 0.15) is 10.9 Å². The first-order valence-corrected chi connectivity index (χ1v) is 35.6. The van der Waals surface area contributed by atoms with E-state index >= 15 is 0 Å². The molecule has 19 nitrogen and oxygen atoms in total. The number of hydrogen-bond acceptors (Lipinski definition) is 16. The number of benzene rings is 4. The topological polar surface area (TPSA) is 235 Å². The highest BCUT2D eigenvalue weighted by atomic mass is 32.2. The Morgan fingerprint density at radius 3 is 2.18 bits per heavy atom. The molecule has 0 radical (unpaired) electrons. The minimum atomic E-state index is -6.16. The lowest BCUT2D eigenvalue weighted by Crippen LogP contribution is -2.63. The number of piperazine rings is 2. The van der Waals surface area contributed by atoms with Crippen molar-refractivity contribution in [1.82, 2.24) is 29.6 Å². The summed E-state index contributed by atoms with van der Waals surface area (Å²) in [5.74, 6) is -3.22. The number of anilines is 3. The number of amides is 6. The minimum absolute atomic E-state index is 0.00475. The Morgan fingerprint density at radius 1 is 0.791 bits per heavy atom. The van der Waals surface area contributed by atoms with Crippen molar-refractivity contribution < 1.29 is 58.8 Å². The molecule has 3 saturated carbocycles. The molecule has 0 spiro atoms. The van der Waals surface area contributed by atoms with Crippen LogP contribution in [0.25, 0.3) is 0 Å². The fraction of sp³-hybridized carbons (Fsp3) is 0.515. The highest BCUT2D eigenvalue weighted by molar-refractivity contribution is 7.99. The van der Waals surface area contributed by atoms with E-state index in [1.807, 2.05) is 35.1 Å². The first kappa shape index (κ1) is 65.7. The van der Waals surface area contributed by atoms with Crippen molar-refractivity contribution in [2.45, 2.75) is 137 Å². The summed E-state index contributed by atoms with van der Waals surface area (Å²) in [4.78, 5) is 86.2. The third-order valence-electron chi connectivity index (χ3n) is 19.8. The van der Waals surface area contributed by atoms with Crippen molar-refractivity contribution >= 4 is 84.1 Å². The van der Waals surface area contributed by atoms with E-state index in [1.165, 1.54) is 68.5 Å². The summed E-state index contributed by atoms with van der Waals surface area (Å²) < 4.78 is 99.9. The number of sulfonamides is 1. The average molecular weight is 1310 g/mol. The first-order chi connectivity index (χ1) is 43.3. The highest BCUT2D eigenvalue weighted by Gasteiger charge is 2.68. The van der Waals surface area contributed by atoms with Gasteiger partial charge in [-0.1, -0.05) is 62.6 Å². The maximum Gasteiger partial charge on any atom is 0.501 e. The molecule has 4 aromatic carbocycles. The molecule has 12 rings (SSSR count). The molecule has 0 aromatic heterocycles. The standard InChI is InChI=1S/C66H80F3N9O10S3/c1-4-64-41-65(42-64,43-64)51-38-63(2,3)26-24-45(51)39-75-31-33-76(34-32-75)47-18-16-44(17-19-47)59(81)73-91(87,88)49-20-21-52(55(37-49)90(85,86)66(67,68)69)71-46(40-89-48-11-6-5-7-12-48)25-28-74-29-35-77(36-30-74)57(80)15-8-9-27-70-53-14-10-13-50-58(53)62(84)78(61(50)83)54-22-23-56(79)72-60(54)82/h5-7,10-14,16-21,37,46,54,70-71H,4,8-9,15,22-36,38-43H2,1-3H3,(H,73,81)(H,72,79,82)/t46-,54?,64?,65?/m1/s1. The Kier molecular flexibility index (Phi) is 19.0. The van der Waals surface area contributed by atoms with Crippen LogP contribution in [0.1, 0.15) is 135 Å². The van der Waals surface area contributed by atoms with Gasteiger partial charge in [0.2, 0.25) is 17.7 Å². The van der Waals surface area contributed by atoms with Crippen molar-refractivity contribution in [3.05, 3.63) is 119 Å². The summed E-state index contributed by atoms with van der Waals surface area (Å²) in [6.07, 6.45) is 10.5. The van der Waals surface area contributed by atoms with Crippen LogP contribution < -0.4 is 25.6 Å². The molecule has 4 aliphatic heterocycles. The second-order valence-corrected chi connectivity index (χ2v) is 31.2. The number of piperidine rings is 1. The van der Waals surface area contributed by atoms with E-state index in [9.17, 15) is 58.8 Å². The van der Waals surface area contributed by atoms with Gasteiger partial charge in [-0.25, -0.2) is 21.6 Å². The summed E-state index contributed by atoms with van der Waals surface area (Å²) in [7, 11) is -11.1. The van der Waals surface area contributed by atoms with Crippen molar-refractivity contribution in [3.8, 4) is 0 Å². The molecule has 488 valence electrons. The molecule has 2 bridgehead atoms. The number of hydrogen-bond donors (Lipinski definition) is 4. The summed E-state index contributed by atoms with van der Waals surface area (Å²) in [5, 5.41) is 8.40. The average Bonchev–Trinajstić information content (AvgIpc) is 0.854. The quantitative estimate of drug-likeness (QED) is 0.0222. The maximum atomic E-state index is 14.5. The molecule has 4 N–H and O–H groups in total. The van der Waals surface area contributed by atoms with E-state index in [4.69, 9.17) is 0 Å². The second kappa shape index (κ2) is 26.3. The van der Waals surface area contributed by atoms with Crippen molar-refractivity contribution in [2.24, 2.45) is 16.2 Å². The van der Waals surface area contributed by atoms with Crippen LogP contribution in [0.2, 0.25) is 0 Å². The molecule has 8 aliphatic rings. The molecule has 4 heterocycles. The smallest absolute Gasteiger partial charge is 0.384 e. The van der Waals surface area contributed by atoms with Crippen molar-refractivity contribution in [2.75, 3.05) is 93.3 Å². The van der Waals surface area contributed by atoms with Crippen LogP contribution in [0.4, 0.5) is 30.2 Å². The zero-order valence-electron chi connectivity index (χ0n) is 51.7. The number of carbonyl (C=O) groups excluding carboxylic acids is 6. The number of sulfone groups is 1. The lowest BCUT2D eigenvalue weighted by Gasteiger charge is -2.73. The molecule has 6 amide bonds. The summed E-state index contributed by atoms with van der Waals surface area (Å²) in [5.41, 5.74) is -0.0173.